The number of rotatable bonds is 14. The van der Waals surface area contributed by atoms with Crippen LogP contribution in [0.25, 0.3) is 0 Å². The van der Waals surface area contributed by atoms with Gasteiger partial charge in [0.1, 0.15) is 11.9 Å². The fourth-order valence-corrected chi connectivity index (χ4v) is 4.89. The summed E-state index contributed by atoms with van der Waals surface area (Å²) in [4.78, 5) is 28.8. The fourth-order valence-electron chi connectivity index (χ4n) is 4.17. The predicted octanol–water partition coefficient (Wildman–Crippen LogP) is 4.14. The zero-order valence-electron chi connectivity index (χ0n) is 22.4. The van der Waals surface area contributed by atoms with E-state index in [9.17, 15) is 22.4 Å². The number of carbonyl (C=O) groups is 2. The zero-order valence-corrected chi connectivity index (χ0v) is 23.2. The number of halogens is 1. The quantitative estimate of drug-likeness (QED) is 0.304. The highest BCUT2D eigenvalue weighted by atomic mass is 32.2. The van der Waals surface area contributed by atoms with Crippen molar-refractivity contribution in [3.63, 3.8) is 0 Å². The molecule has 0 aliphatic heterocycles. The van der Waals surface area contributed by atoms with Crippen molar-refractivity contribution in [1.82, 2.24) is 14.5 Å². The molecule has 0 spiro atoms. The van der Waals surface area contributed by atoms with Crippen LogP contribution < -0.4 is 5.32 Å². The van der Waals surface area contributed by atoms with Gasteiger partial charge in [0.15, 0.2) is 0 Å². The molecule has 0 unspecified atom stereocenters. The largest absolute Gasteiger partial charge is 0.354 e. The van der Waals surface area contributed by atoms with Crippen LogP contribution in [-0.2, 0) is 39.1 Å². The molecule has 0 aromatic heterocycles. The molecule has 1 N–H and O–H groups in total. The Labute approximate surface area is 230 Å². The topological polar surface area (TPSA) is 86.8 Å². The number of benzene rings is 3. The average molecular weight is 554 g/mol. The smallest absolute Gasteiger partial charge is 0.243 e. The summed E-state index contributed by atoms with van der Waals surface area (Å²) in [7, 11) is -3.76. The highest BCUT2D eigenvalue weighted by Crippen LogP contribution is 2.17. The maximum atomic E-state index is 13.9. The fraction of sp³-hybridized carbons (Fsp3) is 0.333. The molecular formula is C30H36FN3O4S. The van der Waals surface area contributed by atoms with Crippen molar-refractivity contribution in [2.24, 2.45) is 0 Å². The van der Waals surface area contributed by atoms with Crippen molar-refractivity contribution < 1.29 is 22.4 Å². The standard InChI is InChI=1S/C30H36FN3O4S/c1-3-4-19-32-30(36)28(20-24-11-7-5-8-12-24)34(22-26-15-17-27(31)18-16-26)29(35)23-33(39(2,37)38)21-25-13-9-6-10-14-25/h5-18,28H,3-4,19-23H2,1-2H3,(H,32,36)/t28-/m0/s1. The third-order valence-corrected chi connectivity index (χ3v) is 7.55. The van der Waals surface area contributed by atoms with E-state index in [0.29, 0.717) is 12.1 Å². The van der Waals surface area contributed by atoms with E-state index >= 15 is 0 Å². The van der Waals surface area contributed by atoms with Crippen molar-refractivity contribution in [3.8, 4) is 0 Å². The van der Waals surface area contributed by atoms with Gasteiger partial charge in [0.2, 0.25) is 21.8 Å². The first-order valence-corrected chi connectivity index (χ1v) is 14.9. The first-order valence-electron chi connectivity index (χ1n) is 13.0. The van der Waals surface area contributed by atoms with E-state index in [1.807, 2.05) is 43.3 Å². The van der Waals surface area contributed by atoms with Gasteiger partial charge in [-0.05, 0) is 35.2 Å². The SMILES string of the molecule is CCCCNC(=O)[C@H](Cc1ccccc1)N(Cc1ccc(F)cc1)C(=O)CN(Cc1ccccc1)S(C)(=O)=O. The molecule has 7 nitrogen and oxygen atoms in total. The molecule has 3 rings (SSSR count). The van der Waals surface area contributed by atoms with E-state index < -0.39 is 34.3 Å². The van der Waals surface area contributed by atoms with Gasteiger partial charge in [-0.15, -0.1) is 0 Å². The van der Waals surface area contributed by atoms with Crippen molar-refractivity contribution in [2.75, 3.05) is 19.3 Å². The minimum atomic E-state index is -3.76. The van der Waals surface area contributed by atoms with Gasteiger partial charge in [-0.3, -0.25) is 9.59 Å². The van der Waals surface area contributed by atoms with E-state index in [2.05, 4.69) is 5.32 Å². The molecule has 208 valence electrons. The molecule has 0 aliphatic rings. The minimum absolute atomic E-state index is 0.0146. The first kappa shape index (κ1) is 30.0. The molecule has 0 radical (unpaired) electrons. The van der Waals surface area contributed by atoms with E-state index in [1.165, 1.54) is 17.0 Å². The molecule has 0 saturated heterocycles. The van der Waals surface area contributed by atoms with Gasteiger partial charge in [-0.25, -0.2) is 12.8 Å². The first-order chi connectivity index (χ1) is 18.7. The lowest BCUT2D eigenvalue weighted by molar-refractivity contribution is -0.141. The number of carbonyl (C=O) groups excluding carboxylic acids is 2. The van der Waals surface area contributed by atoms with Gasteiger partial charge in [0.25, 0.3) is 0 Å². The van der Waals surface area contributed by atoms with Crippen LogP contribution in [0, 0.1) is 5.82 Å². The highest BCUT2D eigenvalue weighted by molar-refractivity contribution is 7.88. The summed E-state index contributed by atoms with van der Waals surface area (Å²) in [6.07, 6.45) is 2.98. The molecule has 9 heteroatoms. The highest BCUT2D eigenvalue weighted by Gasteiger charge is 2.32. The van der Waals surface area contributed by atoms with Gasteiger partial charge in [0, 0.05) is 26.1 Å². The number of nitrogens with one attached hydrogen (secondary N) is 1. The maximum Gasteiger partial charge on any atom is 0.243 e. The summed E-state index contributed by atoms with van der Waals surface area (Å²) < 4.78 is 40.1. The summed E-state index contributed by atoms with van der Waals surface area (Å²) in [6, 6.07) is 23.2. The number of amides is 2. The molecule has 0 saturated carbocycles. The lowest BCUT2D eigenvalue weighted by Gasteiger charge is -2.33. The Balaban J connectivity index is 1.97. The van der Waals surface area contributed by atoms with Crippen LogP contribution in [0.15, 0.2) is 84.9 Å². The Bertz CT molecular complexity index is 1300. The van der Waals surface area contributed by atoms with Crippen LogP contribution >= 0.6 is 0 Å². The zero-order chi connectivity index (χ0) is 28.3. The molecule has 39 heavy (non-hydrogen) atoms. The van der Waals surface area contributed by atoms with Crippen molar-refractivity contribution in [3.05, 3.63) is 107 Å². The van der Waals surface area contributed by atoms with E-state index in [-0.39, 0.29) is 25.4 Å². The number of hydrogen-bond donors (Lipinski definition) is 1. The Hall–Kier alpha value is -3.56. The molecule has 0 aliphatic carbocycles. The van der Waals surface area contributed by atoms with E-state index in [1.54, 1.807) is 36.4 Å². The Kier molecular flexibility index (Phi) is 11.2. The van der Waals surface area contributed by atoms with Crippen LogP contribution in [0.1, 0.15) is 36.5 Å². The van der Waals surface area contributed by atoms with Crippen LogP contribution in [0.5, 0.6) is 0 Å². The normalized spacial score (nSPS) is 12.2. The van der Waals surface area contributed by atoms with Gasteiger partial charge in [0.05, 0.1) is 12.8 Å². The lowest BCUT2D eigenvalue weighted by Crippen LogP contribution is -2.53. The third kappa shape index (κ3) is 9.60. The average Bonchev–Trinajstić information content (AvgIpc) is 2.92. The van der Waals surface area contributed by atoms with Crippen LogP contribution in [-0.4, -0.2) is 54.8 Å². The Morgan fingerprint density at radius 1 is 0.846 bits per heavy atom. The predicted molar refractivity (Wildman–Crippen MR) is 150 cm³/mol. The summed E-state index contributed by atoms with van der Waals surface area (Å²) in [5.41, 5.74) is 2.21. The van der Waals surface area contributed by atoms with Gasteiger partial charge < -0.3 is 10.2 Å². The maximum absolute atomic E-state index is 13.9. The van der Waals surface area contributed by atoms with E-state index in [0.717, 1.165) is 34.5 Å². The summed E-state index contributed by atoms with van der Waals surface area (Å²) in [5, 5.41) is 2.93. The monoisotopic (exact) mass is 553 g/mol. The molecule has 0 bridgehead atoms. The lowest BCUT2D eigenvalue weighted by atomic mass is 10.0. The molecule has 0 fully saturated rings. The second-order valence-electron chi connectivity index (χ2n) is 9.51. The van der Waals surface area contributed by atoms with Gasteiger partial charge >= 0.3 is 0 Å². The number of sulfonamides is 1. The van der Waals surface area contributed by atoms with Gasteiger partial charge in [-0.1, -0.05) is 86.1 Å². The second-order valence-corrected chi connectivity index (χ2v) is 11.5. The van der Waals surface area contributed by atoms with Crippen LogP contribution in [0.3, 0.4) is 0 Å². The summed E-state index contributed by atoms with van der Waals surface area (Å²) in [5.74, 6) is -1.26. The Morgan fingerprint density at radius 2 is 1.41 bits per heavy atom. The molecule has 3 aromatic rings. The van der Waals surface area contributed by atoms with Crippen molar-refractivity contribution in [1.29, 1.82) is 0 Å². The molecular weight excluding hydrogens is 517 g/mol. The van der Waals surface area contributed by atoms with Crippen molar-refractivity contribution in [2.45, 2.75) is 45.3 Å². The second kappa shape index (κ2) is 14.6. The number of unbranched alkanes of at least 4 members (excludes halogenated alkanes) is 1. The van der Waals surface area contributed by atoms with E-state index in [4.69, 9.17) is 0 Å². The van der Waals surface area contributed by atoms with Crippen LogP contribution in [0.4, 0.5) is 4.39 Å². The molecule has 0 heterocycles. The van der Waals surface area contributed by atoms with Gasteiger partial charge in [-0.2, -0.15) is 4.31 Å². The summed E-state index contributed by atoms with van der Waals surface area (Å²) in [6.45, 7) is 2.07. The third-order valence-electron chi connectivity index (χ3n) is 6.35. The molecule has 1 atom stereocenters. The number of hydrogen-bond acceptors (Lipinski definition) is 4. The van der Waals surface area contributed by atoms with Crippen molar-refractivity contribution >= 4 is 21.8 Å². The number of nitrogens with zero attached hydrogens (tertiary/aromatic N) is 2. The minimum Gasteiger partial charge on any atom is -0.354 e. The molecule has 2 amide bonds. The summed E-state index contributed by atoms with van der Waals surface area (Å²) >= 11 is 0. The van der Waals surface area contributed by atoms with Crippen LogP contribution in [0.2, 0.25) is 0 Å². The molecule has 3 aromatic carbocycles. The Morgan fingerprint density at radius 3 is 1.97 bits per heavy atom.